The molecule has 1 aromatic carbocycles. The number of anilines is 1. The van der Waals surface area contributed by atoms with Crippen molar-refractivity contribution in [3.8, 4) is 0 Å². The van der Waals surface area contributed by atoms with Gasteiger partial charge < -0.3 is 20.4 Å². The summed E-state index contributed by atoms with van der Waals surface area (Å²) >= 11 is 0. The van der Waals surface area contributed by atoms with E-state index in [2.05, 4.69) is 4.99 Å². The predicted molar refractivity (Wildman–Crippen MR) is 62.2 cm³/mol. The lowest BCUT2D eigenvalue weighted by molar-refractivity contribution is 0.232. The Balaban J connectivity index is 2.24. The number of hydrogen-bond acceptors (Lipinski definition) is 5. The van der Waals surface area contributed by atoms with Gasteiger partial charge in [-0.15, -0.1) is 0 Å². The number of ether oxygens (including phenoxy) is 1. The van der Waals surface area contributed by atoms with Gasteiger partial charge in [0.25, 0.3) is 0 Å². The highest BCUT2D eigenvalue weighted by atomic mass is 16.8. The Bertz CT molecular complexity index is 404. The molecule has 0 aliphatic carbocycles. The Morgan fingerprint density at radius 3 is 2.88 bits per heavy atom. The molecule has 1 aliphatic heterocycles. The lowest BCUT2D eigenvalue weighted by atomic mass is 10.1. The molecular weight excluding hydrogens is 208 g/mol. The Morgan fingerprint density at radius 2 is 2.25 bits per heavy atom. The standard InChI is InChI=1S/C11H12N2O3/c1-8-6-12-11(16-7-8)9-3-2-4-10(5-9)13(14)15/h2-5,8H,6-7H2,1H3/q-2/t8-/m0/s1. The van der Waals surface area contributed by atoms with Gasteiger partial charge in [-0.25, -0.2) is 0 Å². The van der Waals surface area contributed by atoms with Gasteiger partial charge in [0.2, 0.25) is 5.90 Å². The maximum atomic E-state index is 10.6. The fraction of sp³-hybridized carbons (Fsp3) is 0.364. The molecule has 0 spiro atoms. The van der Waals surface area contributed by atoms with Crippen LogP contribution in [0.15, 0.2) is 29.3 Å². The summed E-state index contributed by atoms with van der Waals surface area (Å²) in [6.45, 7) is 3.37. The molecule has 1 heterocycles. The molecule has 2 rings (SSSR count). The molecule has 0 bridgehead atoms. The molecule has 5 heteroatoms. The summed E-state index contributed by atoms with van der Waals surface area (Å²) in [5.74, 6) is 0.907. The van der Waals surface area contributed by atoms with Gasteiger partial charge in [0, 0.05) is 23.7 Å². The third kappa shape index (κ3) is 2.32. The second kappa shape index (κ2) is 4.51. The molecule has 86 valence electrons. The van der Waals surface area contributed by atoms with Crippen LogP contribution in [0.25, 0.3) is 0 Å². The van der Waals surface area contributed by atoms with E-state index < -0.39 is 5.23 Å². The monoisotopic (exact) mass is 220 g/mol. The maximum Gasteiger partial charge on any atom is 0.216 e. The second-order valence-corrected chi connectivity index (χ2v) is 3.87. The Morgan fingerprint density at radius 1 is 1.44 bits per heavy atom. The molecule has 1 aromatic rings. The van der Waals surface area contributed by atoms with Crippen molar-refractivity contribution in [2.75, 3.05) is 18.4 Å². The minimum atomic E-state index is -0.421. The minimum Gasteiger partial charge on any atom is -0.769 e. The van der Waals surface area contributed by atoms with E-state index in [-0.39, 0.29) is 5.69 Å². The summed E-state index contributed by atoms with van der Waals surface area (Å²) < 4.78 is 5.44. The molecule has 16 heavy (non-hydrogen) atoms. The van der Waals surface area contributed by atoms with Crippen LogP contribution in [0.5, 0.6) is 0 Å². The SMILES string of the molecule is C[C@H]1CN=C(c2cccc(N([O-])[O-])c2)OC1. The summed E-state index contributed by atoms with van der Waals surface area (Å²) in [6.07, 6.45) is 0. The first-order valence-electron chi connectivity index (χ1n) is 5.09. The van der Waals surface area contributed by atoms with Gasteiger partial charge in [0.1, 0.15) is 0 Å². The first-order valence-corrected chi connectivity index (χ1v) is 5.09. The van der Waals surface area contributed by atoms with Crippen molar-refractivity contribution < 1.29 is 4.74 Å². The molecular formula is C11H12N2O3-2. The van der Waals surface area contributed by atoms with E-state index in [9.17, 15) is 10.4 Å². The molecule has 5 nitrogen and oxygen atoms in total. The Labute approximate surface area is 93.5 Å². The molecule has 0 unspecified atom stereocenters. The highest BCUT2D eigenvalue weighted by molar-refractivity contribution is 5.95. The van der Waals surface area contributed by atoms with Gasteiger partial charge in [-0.1, -0.05) is 13.0 Å². The van der Waals surface area contributed by atoms with E-state index in [4.69, 9.17) is 4.74 Å². The molecule has 0 N–H and O–H groups in total. The number of benzene rings is 1. The van der Waals surface area contributed by atoms with E-state index in [1.54, 1.807) is 12.1 Å². The Kier molecular flexibility index (Phi) is 3.07. The van der Waals surface area contributed by atoms with E-state index in [1.165, 1.54) is 12.1 Å². The van der Waals surface area contributed by atoms with Crippen LogP contribution in [0.4, 0.5) is 5.69 Å². The van der Waals surface area contributed by atoms with Crippen LogP contribution in [0.1, 0.15) is 12.5 Å². The summed E-state index contributed by atoms with van der Waals surface area (Å²) in [4.78, 5) is 4.25. The lowest BCUT2D eigenvalue weighted by Gasteiger charge is -2.37. The van der Waals surface area contributed by atoms with Crippen molar-refractivity contribution in [2.24, 2.45) is 10.9 Å². The quantitative estimate of drug-likeness (QED) is 0.713. The van der Waals surface area contributed by atoms with Gasteiger partial charge >= 0.3 is 0 Å². The predicted octanol–water partition coefficient (Wildman–Crippen LogP) is 1.90. The van der Waals surface area contributed by atoms with Crippen LogP contribution in [0.3, 0.4) is 0 Å². The maximum absolute atomic E-state index is 10.6. The van der Waals surface area contributed by atoms with Crippen LogP contribution in [-0.4, -0.2) is 19.0 Å². The normalized spacial score (nSPS) is 19.9. The average Bonchev–Trinajstić information content (AvgIpc) is 2.30. The zero-order valence-electron chi connectivity index (χ0n) is 8.92. The fourth-order valence-electron chi connectivity index (χ4n) is 1.49. The number of hydrogen-bond donors (Lipinski definition) is 0. The van der Waals surface area contributed by atoms with Crippen LogP contribution in [-0.2, 0) is 4.74 Å². The third-order valence-corrected chi connectivity index (χ3v) is 2.36. The first-order chi connectivity index (χ1) is 7.66. The van der Waals surface area contributed by atoms with Crippen molar-refractivity contribution in [1.29, 1.82) is 0 Å². The van der Waals surface area contributed by atoms with Gasteiger partial charge in [0.05, 0.1) is 6.61 Å². The summed E-state index contributed by atoms with van der Waals surface area (Å²) in [5, 5.41) is 20.8. The number of nitrogens with zero attached hydrogens (tertiary/aromatic N) is 2. The summed E-state index contributed by atoms with van der Waals surface area (Å²) in [5.41, 5.74) is 0.725. The zero-order valence-corrected chi connectivity index (χ0v) is 8.92. The average molecular weight is 220 g/mol. The summed E-state index contributed by atoms with van der Waals surface area (Å²) in [7, 11) is 0. The summed E-state index contributed by atoms with van der Waals surface area (Å²) in [6, 6.07) is 6.34. The van der Waals surface area contributed by atoms with Crippen molar-refractivity contribution in [3.05, 3.63) is 40.2 Å². The fourth-order valence-corrected chi connectivity index (χ4v) is 1.49. The second-order valence-electron chi connectivity index (χ2n) is 3.87. The first kappa shape index (κ1) is 10.9. The molecule has 0 saturated heterocycles. The van der Waals surface area contributed by atoms with Crippen molar-refractivity contribution in [1.82, 2.24) is 0 Å². The molecule has 0 amide bonds. The molecule has 0 saturated carbocycles. The number of aliphatic imine (C=N–C) groups is 1. The number of rotatable bonds is 2. The van der Waals surface area contributed by atoms with Crippen LogP contribution in [0.2, 0.25) is 0 Å². The zero-order chi connectivity index (χ0) is 11.5. The van der Waals surface area contributed by atoms with Crippen LogP contribution in [0, 0.1) is 16.3 Å². The van der Waals surface area contributed by atoms with E-state index in [0.29, 0.717) is 30.5 Å². The van der Waals surface area contributed by atoms with Crippen LogP contribution < -0.4 is 5.23 Å². The van der Waals surface area contributed by atoms with Gasteiger partial charge in [-0.05, 0) is 18.2 Å². The van der Waals surface area contributed by atoms with Crippen molar-refractivity contribution in [2.45, 2.75) is 6.92 Å². The smallest absolute Gasteiger partial charge is 0.216 e. The van der Waals surface area contributed by atoms with E-state index >= 15 is 0 Å². The highest BCUT2D eigenvalue weighted by Gasteiger charge is 2.13. The van der Waals surface area contributed by atoms with Gasteiger partial charge in [-0.3, -0.25) is 4.99 Å². The Hall–Kier alpha value is -1.59. The molecule has 0 radical (unpaired) electrons. The van der Waals surface area contributed by atoms with E-state index in [0.717, 1.165) is 0 Å². The highest BCUT2D eigenvalue weighted by Crippen LogP contribution is 2.17. The lowest BCUT2D eigenvalue weighted by Crippen LogP contribution is -2.21. The van der Waals surface area contributed by atoms with Gasteiger partial charge in [0.15, 0.2) is 0 Å². The molecule has 0 fully saturated rings. The van der Waals surface area contributed by atoms with Gasteiger partial charge in [-0.2, -0.15) is 0 Å². The van der Waals surface area contributed by atoms with Crippen molar-refractivity contribution >= 4 is 11.6 Å². The molecule has 1 atom stereocenters. The molecule has 0 aromatic heterocycles. The van der Waals surface area contributed by atoms with E-state index in [1.807, 2.05) is 6.92 Å². The minimum absolute atomic E-state index is 0.0578. The van der Waals surface area contributed by atoms with Crippen LogP contribution >= 0.6 is 0 Å². The molecule has 1 aliphatic rings. The largest absolute Gasteiger partial charge is 0.769 e. The third-order valence-electron chi connectivity index (χ3n) is 2.36. The topological polar surface area (TPSA) is 71.0 Å². The van der Waals surface area contributed by atoms with Crippen molar-refractivity contribution in [3.63, 3.8) is 0 Å².